The second kappa shape index (κ2) is 8.10. The van der Waals surface area contributed by atoms with Crippen LogP contribution in [0, 0.1) is 5.82 Å². The highest BCUT2D eigenvalue weighted by molar-refractivity contribution is 5.53. The van der Waals surface area contributed by atoms with E-state index in [4.69, 9.17) is 9.26 Å². The Bertz CT molecular complexity index is 848. The normalized spacial score (nSPS) is 12.3. The molecule has 0 saturated heterocycles. The summed E-state index contributed by atoms with van der Waals surface area (Å²) in [5, 5.41) is 4.01. The Labute approximate surface area is 152 Å². The fourth-order valence-corrected chi connectivity index (χ4v) is 2.84. The number of methoxy groups -OCH3 is 1. The molecular formula is C20H22FN3O2. The third kappa shape index (κ3) is 4.08. The molecule has 0 fully saturated rings. The molecule has 0 saturated carbocycles. The van der Waals surface area contributed by atoms with Gasteiger partial charge in [-0.1, -0.05) is 24.2 Å². The van der Waals surface area contributed by atoms with E-state index in [0.717, 1.165) is 23.4 Å². The van der Waals surface area contributed by atoms with Gasteiger partial charge in [0.1, 0.15) is 11.6 Å². The fourth-order valence-electron chi connectivity index (χ4n) is 2.84. The van der Waals surface area contributed by atoms with Crippen molar-refractivity contribution in [3.8, 4) is 17.1 Å². The van der Waals surface area contributed by atoms with Crippen LogP contribution in [0.1, 0.15) is 31.3 Å². The molecule has 0 N–H and O–H groups in total. The maximum atomic E-state index is 13.0. The summed E-state index contributed by atoms with van der Waals surface area (Å²) in [6.45, 7) is 5.58. The lowest BCUT2D eigenvalue weighted by atomic mass is 10.1. The van der Waals surface area contributed by atoms with Crippen molar-refractivity contribution in [1.82, 2.24) is 15.0 Å². The Hall–Kier alpha value is -2.73. The standard InChI is InChI=1S/C20H22FN3O2/c1-4-24(14(2)16-6-5-7-18(12-16)25-3)13-19-22-20(23-26-19)15-8-10-17(21)11-9-15/h5-12,14H,4,13H2,1-3H3/t14-/m1/s1. The van der Waals surface area contributed by atoms with E-state index in [1.807, 2.05) is 18.2 Å². The van der Waals surface area contributed by atoms with Crippen molar-refractivity contribution in [2.75, 3.05) is 13.7 Å². The van der Waals surface area contributed by atoms with Crippen LogP contribution in [0.25, 0.3) is 11.4 Å². The van der Waals surface area contributed by atoms with E-state index in [1.165, 1.54) is 12.1 Å². The molecule has 5 nitrogen and oxygen atoms in total. The summed E-state index contributed by atoms with van der Waals surface area (Å²) >= 11 is 0. The first-order valence-corrected chi connectivity index (χ1v) is 8.57. The molecule has 0 spiro atoms. The molecule has 3 aromatic rings. The van der Waals surface area contributed by atoms with Crippen LogP contribution in [0.5, 0.6) is 5.75 Å². The second-order valence-electron chi connectivity index (χ2n) is 6.03. The molecule has 136 valence electrons. The molecule has 26 heavy (non-hydrogen) atoms. The predicted molar refractivity (Wildman–Crippen MR) is 97.2 cm³/mol. The van der Waals surface area contributed by atoms with E-state index in [1.54, 1.807) is 19.2 Å². The van der Waals surface area contributed by atoms with Gasteiger partial charge in [0.15, 0.2) is 0 Å². The lowest BCUT2D eigenvalue weighted by Crippen LogP contribution is -2.26. The number of rotatable bonds is 7. The first kappa shape index (κ1) is 18.1. The van der Waals surface area contributed by atoms with Crippen LogP contribution in [-0.4, -0.2) is 28.7 Å². The topological polar surface area (TPSA) is 51.4 Å². The van der Waals surface area contributed by atoms with Crippen molar-refractivity contribution < 1.29 is 13.7 Å². The lowest BCUT2D eigenvalue weighted by Gasteiger charge is -2.26. The SMILES string of the molecule is CCN(Cc1nc(-c2ccc(F)cc2)no1)[C@H](C)c1cccc(OC)c1. The molecule has 1 atom stereocenters. The molecule has 0 bridgehead atoms. The van der Waals surface area contributed by atoms with E-state index < -0.39 is 0 Å². The summed E-state index contributed by atoms with van der Waals surface area (Å²) in [5.74, 6) is 1.54. The Morgan fingerprint density at radius 3 is 2.65 bits per heavy atom. The van der Waals surface area contributed by atoms with Gasteiger partial charge in [-0.05, 0) is 55.4 Å². The van der Waals surface area contributed by atoms with Crippen LogP contribution >= 0.6 is 0 Å². The average Bonchev–Trinajstić information content (AvgIpc) is 3.14. The van der Waals surface area contributed by atoms with Gasteiger partial charge in [0, 0.05) is 11.6 Å². The van der Waals surface area contributed by atoms with Crippen molar-refractivity contribution >= 4 is 0 Å². The predicted octanol–water partition coefficient (Wildman–Crippen LogP) is 4.47. The van der Waals surface area contributed by atoms with Gasteiger partial charge >= 0.3 is 0 Å². The average molecular weight is 355 g/mol. The molecule has 1 heterocycles. The van der Waals surface area contributed by atoms with Crippen molar-refractivity contribution in [2.24, 2.45) is 0 Å². The molecule has 0 amide bonds. The van der Waals surface area contributed by atoms with Crippen LogP contribution in [0.4, 0.5) is 4.39 Å². The molecule has 2 aromatic carbocycles. The highest BCUT2D eigenvalue weighted by Gasteiger charge is 2.18. The maximum absolute atomic E-state index is 13.0. The number of ether oxygens (including phenoxy) is 1. The minimum atomic E-state index is -0.290. The van der Waals surface area contributed by atoms with Crippen LogP contribution in [0.15, 0.2) is 53.1 Å². The molecule has 0 unspecified atom stereocenters. The van der Waals surface area contributed by atoms with Crippen molar-refractivity contribution in [3.05, 3.63) is 65.8 Å². The Morgan fingerprint density at radius 1 is 1.19 bits per heavy atom. The zero-order valence-electron chi connectivity index (χ0n) is 15.1. The van der Waals surface area contributed by atoms with Crippen molar-refractivity contribution in [3.63, 3.8) is 0 Å². The lowest BCUT2D eigenvalue weighted by molar-refractivity contribution is 0.184. The molecule has 3 rings (SSSR count). The van der Waals surface area contributed by atoms with Crippen LogP contribution < -0.4 is 4.74 Å². The van der Waals surface area contributed by atoms with E-state index in [0.29, 0.717) is 18.3 Å². The molecule has 0 aliphatic carbocycles. The second-order valence-corrected chi connectivity index (χ2v) is 6.03. The van der Waals surface area contributed by atoms with E-state index in [2.05, 4.69) is 35.0 Å². The number of benzene rings is 2. The van der Waals surface area contributed by atoms with Gasteiger partial charge in [0.25, 0.3) is 0 Å². The molecule has 0 aliphatic heterocycles. The van der Waals surface area contributed by atoms with E-state index in [-0.39, 0.29) is 11.9 Å². The summed E-state index contributed by atoms with van der Waals surface area (Å²) in [7, 11) is 1.66. The summed E-state index contributed by atoms with van der Waals surface area (Å²) in [6.07, 6.45) is 0. The summed E-state index contributed by atoms with van der Waals surface area (Å²) in [5.41, 5.74) is 1.88. The zero-order chi connectivity index (χ0) is 18.5. The highest BCUT2D eigenvalue weighted by atomic mass is 19.1. The zero-order valence-corrected chi connectivity index (χ0v) is 15.1. The molecule has 1 aromatic heterocycles. The smallest absolute Gasteiger partial charge is 0.241 e. The molecular weight excluding hydrogens is 333 g/mol. The van der Waals surface area contributed by atoms with Gasteiger partial charge in [-0.25, -0.2) is 4.39 Å². The fraction of sp³-hybridized carbons (Fsp3) is 0.300. The van der Waals surface area contributed by atoms with Crippen LogP contribution in [0.3, 0.4) is 0 Å². The highest BCUT2D eigenvalue weighted by Crippen LogP contribution is 2.25. The monoisotopic (exact) mass is 355 g/mol. The van der Waals surface area contributed by atoms with Crippen molar-refractivity contribution in [2.45, 2.75) is 26.4 Å². The van der Waals surface area contributed by atoms with Gasteiger partial charge in [0.2, 0.25) is 11.7 Å². The number of nitrogens with zero attached hydrogens (tertiary/aromatic N) is 3. The minimum absolute atomic E-state index is 0.163. The van der Waals surface area contributed by atoms with Gasteiger partial charge < -0.3 is 9.26 Å². The number of hydrogen-bond donors (Lipinski definition) is 0. The Morgan fingerprint density at radius 2 is 1.96 bits per heavy atom. The van der Waals surface area contributed by atoms with Gasteiger partial charge in [0.05, 0.1) is 13.7 Å². The number of halogens is 1. The number of hydrogen-bond acceptors (Lipinski definition) is 5. The van der Waals surface area contributed by atoms with Crippen molar-refractivity contribution in [1.29, 1.82) is 0 Å². The maximum Gasteiger partial charge on any atom is 0.241 e. The first-order chi connectivity index (χ1) is 12.6. The van der Waals surface area contributed by atoms with Crippen LogP contribution in [-0.2, 0) is 6.54 Å². The van der Waals surface area contributed by atoms with Gasteiger partial charge in [-0.3, -0.25) is 4.90 Å². The van der Waals surface area contributed by atoms with Gasteiger partial charge in [-0.2, -0.15) is 4.98 Å². The number of aromatic nitrogens is 2. The van der Waals surface area contributed by atoms with Crippen LogP contribution in [0.2, 0.25) is 0 Å². The minimum Gasteiger partial charge on any atom is -0.497 e. The Balaban J connectivity index is 1.74. The third-order valence-electron chi connectivity index (χ3n) is 4.44. The third-order valence-corrected chi connectivity index (χ3v) is 4.44. The molecule has 0 radical (unpaired) electrons. The van der Waals surface area contributed by atoms with Gasteiger partial charge in [-0.15, -0.1) is 0 Å². The molecule has 6 heteroatoms. The summed E-state index contributed by atoms with van der Waals surface area (Å²) in [4.78, 5) is 6.67. The van der Waals surface area contributed by atoms with E-state index in [9.17, 15) is 4.39 Å². The quantitative estimate of drug-likeness (QED) is 0.626. The summed E-state index contributed by atoms with van der Waals surface area (Å²) < 4.78 is 23.8. The summed E-state index contributed by atoms with van der Waals surface area (Å²) in [6, 6.07) is 14.2. The molecule has 0 aliphatic rings. The Kier molecular flexibility index (Phi) is 5.63. The first-order valence-electron chi connectivity index (χ1n) is 8.57. The van der Waals surface area contributed by atoms with E-state index >= 15 is 0 Å². The largest absolute Gasteiger partial charge is 0.497 e.